The minimum atomic E-state index is -3.09. The fraction of sp³-hybridized carbons (Fsp3) is 0.556. The van der Waals surface area contributed by atoms with Crippen LogP contribution < -0.4 is 5.32 Å². The van der Waals surface area contributed by atoms with Crippen LogP contribution in [0.2, 0.25) is 5.02 Å². The molecule has 3 unspecified atom stereocenters. The highest BCUT2D eigenvalue weighted by Gasteiger charge is 2.36. The van der Waals surface area contributed by atoms with Gasteiger partial charge in [-0.2, -0.15) is 0 Å². The average Bonchev–Trinajstić information content (AvgIpc) is 2.98. The van der Waals surface area contributed by atoms with Crippen molar-refractivity contribution < 1.29 is 18.0 Å². The van der Waals surface area contributed by atoms with Gasteiger partial charge in [-0.3, -0.25) is 9.59 Å². The summed E-state index contributed by atoms with van der Waals surface area (Å²) in [6, 6.07) is 5.38. The standard InChI is InChI=1S/C18H25ClN2O4S/c1-4-12(2)16(20-17(22)13-5-7-14(19)8-6-13)18(23)21(3)15-9-10-26(24,25)11-15/h5-8,12,15-16H,4,9-11H2,1-3H3,(H,20,22). The zero-order valence-electron chi connectivity index (χ0n) is 15.2. The van der Waals surface area contributed by atoms with Gasteiger partial charge in [-0.15, -0.1) is 0 Å². The summed E-state index contributed by atoms with van der Waals surface area (Å²) < 4.78 is 23.4. The van der Waals surface area contributed by atoms with Gasteiger partial charge in [0.1, 0.15) is 6.04 Å². The maximum atomic E-state index is 13.0. The van der Waals surface area contributed by atoms with Gasteiger partial charge in [-0.1, -0.05) is 31.9 Å². The number of amides is 2. The van der Waals surface area contributed by atoms with Gasteiger partial charge in [0.15, 0.2) is 9.84 Å². The average molecular weight is 401 g/mol. The molecule has 1 aliphatic rings. The predicted molar refractivity (Wildman–Crippen MR) is 102 cm³/mol. The second kappa shape index (κ2) is 8.39. The Labute approximate surface area is 159 Å². The number of carbonyl (C=O) groups is 2. The molecular weight excluding hydrogens is 376 g/mol. The molecular formula is C18H25ClN2O4S. The van der Waals surface area contributed by atoms with Crippen LogP contribution in [-0.4, -0.2) is 55.8 Å². The van der Waals surface area contributed by atoms with Gasteiger partial charge in [0.05, 0.1) is 11.5 Å². The van der Waals surface area contributed by atoms with E-state index in [9.17, 15) is 18.0 Å². The van der Waals surface area contributed by atoms with Crippen molar-refractivity contribution in [3.63, 3.8) is 0 Å². The van der Waals surface area contributed by atoms with Gasteiger partial charge >= 0.3 is 0 Å². The molecule has 8 heteroatoms. The van der Waals surface area contributed by atoms with Crippen LogP contribution in [-0.2, 0) is 14.6 Å². The molecule has 0 aliphatic carbocycles. The highest BCUT2D eigenvalue weighted by atomic mass is 35.5. The number of nitrogens with one attached hydrogen (secondary N) is 1. The molecule has 2 amide bonds. The SMILES string of the molecule is CCC(C)C(NC(=O)c1ccc(Cl)cc1)C(=O)N(C)C1CCS(=O)(=O)C1. The lowest BCUT2D eigenvalue weighted by Crippen LogP contribution is -2.53. The van der Waals surface area contributed by atoms with Crippen LogP contribution in [0.25, 0.3) is 0 Å². The quantitative estimate of drug-likeness (QED) is 0.792. The molecule has 0 spiro atoms. The summed E-state index contributed by atoms with van der Waals surface area (Å²) in [5, 5.41) is 3.33. The highest BCUT2D eigenvalue weighted by molar-refractivity contribution is 7.91. The summed E-state index contributed by atoms with van der Waals surface area (Å²) >= 11 is 5.84. The normalized spacial score (nSPS) is 21.0. The second-order valence-corrected chi connectivity index (χ2v) is 9.51. The van der Waals surface area contributed by atoms with Crippen molar-refractivity contribution >= 4 is 33.3 Å². The van der Waals surface area contributed by atoms with E-state index in [1.54, 1.807) is 31.3 Å². The van der Waals surface area contributed by atoms with E-state index in [1.165, 1.54) is 4.90 Å². The third-order valence-electron chi connectivity index (χ3n) is 4.98. The first-order valence-corrected chi connectivity index (χ1v) is 10.9. The Morgan fingerprint density at radius 1 is 1.31 bits per heavy atom. The van der Waals surface area contributed by atoms with Crippen molar-refractivity contribution in [1.82, 2.24) is 10.2 Å². The first-order chi connectivity index (χ1) is 12.1. The van der Waals surface area contributed by atoms with Gasteiger partial charge in [0.2, 0.25) is 5.91 Å². The number of carbonyl (C=O) groups excluding carboxylic acids is 2. The number of rotatable bonds is 6. The number of sulfone groups is 1. The van der Waals surface area contributed by atoms with Gasteiger partial charge < -0.3 is 10.2 Å². The molecule has 2 rings (SSSR count). The van der Waals surface area contributed by atoms with Crippen LogP contribution in [0.1, 0.15) is 37.0 Å². The van der Waals surface area contributed by atoms with Crippen LogP contribution in [0.5, 0.6) is 0 Å². The Morgan fingerprint density at radius 3 is 2.42 bits per heavy atom. The molecule has 0 aromatic heterocycles. The zero-order valence-corrected chi connectivity index (χ0v) is 16.8. The van der Waals surface area contributed by atoms with Crippen molar-refractivity contribution in [2.45, 2.75) is 38.8 Å². The molecule has 1 aromatic carbocycles. The van der Waals surface area contributed by atoms with Crippen LogP contribution in [0, 0.1) is 5.92 Å². The van der Waals surface area contributed by atoms with E-state index in [4.69, 9.17) is 11.6 Å². The summed E-state index contributed by atoms with van der Waals surface area (Å²) in [5.41, 5.74) is 0.418. The number of halogens is 1. The maximum Gasteiger partial charge on any atom is 0.251 e. The number of nitrogens with zero attached hydrogens (tertiary/aromatic N) is 1. The second-order valence-electron chi connectivity index (χ2n) is 6.85. The van der Waals surface area contributed by atoms with E-state index in [0.29, 0.717) is 23.4 Å². The molecule has 0 radical (unpaired) electrons. The third kappa shape index (κ3) is 4.98. The molecule has 0 saturated carbocycles. The number of likely N-dealkylation sites (N-methyl/N-ethyl adjacent to an activating group) is 1. The minimum Gasteiger partial charge on any atom is -0.340 e. The smallest absolute Gasteiger partial charge is 0.251 e. The lowest BCUT2D eigenvalue weighted by atomic mass is 9.96. The van der Waals surface area contributed by atoms with Crippen molar-refractivity contribution in [3.8, 4) is 0 Å². The zero-order chi connectivity index (χ0) is 19.5. The van der Waals surface area contributed by atoms with Gasteiger partial charge in [-0.25, -0.2) is 8.42 Å². The van der Waals surface area contributed by atoms with Crippen molar-refractivity contribution in [2.75, 3.05) is 18.6 Å². The van der Waals surface area contributed by atoms with E-state index in [-0.39, 0.29) is 35.3 Å². The summed E-state index contributed by atoms with van der Waals surface area (Å²) in [5.74, 6) is -0.621. The topological polar surface area (TPSA) is 83.6 Å². The fourth-order valence-corrected chi connectivity index (χ4v) is 4.89. The highest BCUT2D eigenvalue weighted by Crippen LogP contribution is 2.20. The van der Waals surface area contributed by atoms with E-state index in [1.807, 2.05) is 13.8 Å². The molecule has 1 aromatic rings. The molecule has 1 N–H and O–H groups in total. The predicted octanol–water partition coefficient (Wildman–Crippen LogP) is 2.13. The van der Waals surface area contributed by atoms with Gasteiger partial charge in [-0.05, 0) is 36.6 Å². The summed E-state index contributed by atoms with van der Waals surface area (Å²) in [6.07, 6.45) is 1.14. The molecule has 1 aliphatic heterocycles. The van der Waals surface area contributed by atoms with Crippen LogP contribution >= 0.6 is 11.6 Å². The van der Waals surface area contributed by atoms with E-state index in [0.717, 1.165) is 0 Å². The molecule has 144 valence electrons. The number of hydrogen-bond acceptors (Lipinski definition) is 4. The monoisotopic (exact) mass is 400 g/mol. The number of hydrogen-bond donors (Lipinski definition) is 1. The van der Waals surface area contributed by atoms with Crippen LogP contribution in [0.4, 0.5) is 0 Å². The van der Waals surface area contributed by atoms with E-state index in [2.05, 4.69) is 5.32 Å². The molecule has 6 nitrogen and oxygen atoms in total. The van der Waals surface area contributed by atoms with Gasteiger partial charge in [0, 0.05) is 23.7 Å². The first kappa shape index (κ1) is 20.7. The fourth-order valence-electron chi connectivity index (χ4n) is 2.99. The number of benzene rings is 1. The molecule has 3 atom stereocenters. The Kier molecular flexibility index (Phi) is 6.69. The Morgan fingerprint density at radius 2 is 1.92 bits per heavy atom. The van der Waals surface area contributed by atoms with Crippen molar-refractivity contribution in [1.29, 1.82) is 0 Å². The summed E-state index contributed by atoms with van der Waals surface area (Å²) in [7, 11) is -1.48. The van der Waals surface area contributed by atoms with Crippen molar-refractivity contribution in [2.24, 2.45) is 5.92 Å². The van der Waals surface area contributed by atoms with E-state index < -0.39 is 15.9 Å². The maximum absolute atomic E-state index is 13.0. The molecule has 1 heterocycles. The Bertz CT molecular complexity index is 764. The molecule has 1 saturated heterocycles. The molecule has 26 heavy (non-hydrogen) atoms. The molecule has 0 bridgehead atoms. The summed E-state index contributed by atoms with van der Waals surface area (Å²) in [4.78, 5) is 27.0. The minimum absolute atomic E-state index is 0.0202. The lowest BCUT2D eigenvalue weighted by molar-refractivity contribution is -0.134. The lowest BCUT2D eigenvalue weighted by Gasteiger charge is -2.31. The van der Waals surface area contributed by atoms with Crippen LogP contribution in [0.15, 0.2) is 24.3 Å². The third-order valence-corrected chi connectivity index (χ3v) is 6.98. The Balaban J connectivity index is 2.14. The largest absolute Gasteiger partial charge is 0.340 e. The van der Waals surface area contributed by atoms with Gasteiger partial charge in [0.25, 0.3) is 5.91 Å². The summed E-state index contributed by atoms with van der Waals surface area (Å²) in [6.45, 7) is 3.84. The Hall–Kier alpha value is -1.60. The van der Waals surface area contributed by atoms with E-state index >= 15 is 0 Å². The first-order valence-electron chi connectivity index (χ1n) is 8.68. The van der Waals surface area contributed by atoms with Crippen molar-refractivity contribution in [3.05, 3.63) is 34.9 Å². The molecule has 1 fully saturated rings. The van der Waals surface area contributed by atoms with Crippen LogP contribution in [0.3, 0.4) is 0 Å².